The fourth-order valence-electron chi connectivity index (χ4n) is 2.68. The molecule has 0 atom stereocenters. The first-order valence-corrected chi connectivity index (χ1v) is 9.47. The van der Waals surface area contributed by atoms with Gasteiger partial charge in [-0.1, -0.05) is 24.3 Å². The molecule has 0 aliphatic heterocycles. The van der Waals surface area contributed by atoms with Gasteiger partial charge in [0, 0.05) is 17.3 Å². The maximum atomic E-state index is 12.3. The SMILES string of the molecule is COc1ccc(C(=O)Nc2ccc(OCc3ccc(/C=C/C(=O)NO)cc3)cc2)cc1. The van der Waals surface area contributed by atoms with Crippen LogP contribution in [-0.4, -0.2) is 24.1 Å². The molecule has 0 unspecified atom stereocenters. The average Bonchev–Trinajstić information content (AvgIpc) is 2.82. The lowest BCUT2D eigenvalue weighted by atomic mass is 10.1. The molecule has 158 valence electrons. The zero-order valence-corrected chi connectivity index (χ0v) is 16.9. The molecule has 7 nitrogen and oxygen atoms in total. The van der Waals surface area contributed by atoms with Crippen molar-refractivity contribution < 1.29 is 24.3 Å². The van der Waals surface area contributed by atoms with E-state index in [4.69, 9.17) is 14.7 Å². The van der Waals surface area contributed by atoms with Gasteiger partial charge in [0.1, 0.15) is 18.1 Å². The zero-order valence-electron chi connectivity index (χ0n) is 16.9. The molecule has 3 rings (SSSR count). The smallest absolute Gasteiger partial charge is 0.267 e. The van der Waals surface area contributed by atoms with E-state index in [-0.39, 0.29) is 5.91 Å². The predicted molar refractivity (Wildman–Crippen MR) is 117 cm³/mol. The minimum absolute atomic E-state index is 0.207. The second kappa shape index (κ2) is 10.6. The summed E-state index contributed by atoms with van der Waals surface area (Å²) in [6.45, 7) is 0.374. The number of amides is 2. The second-order valence-corrected chi connectivity index (χ2v) is 6.55. The quantitative estimate of drug-likeness (QED) is 0.291. The fourth-order valence-corrected chi connectivity index (χ4v) is 2.68. The van der Waals surface area contributed by atoms with Crippen molar-refractivity contribution in [2.45, 2.75) is 6.61 Å². The molecule has 0 bridgehead atoms. The van der Waals surface area contributed by atoms with Gasteiger partial charge in [-0.15, -0.1) is 0 Å². The Morgan fingerprint density at radius 1 is 0.903 bits per heavy atom. The Kier molecular flexibility index (Phi) is 7.40. The molecule has 0 radical (unpaired) electrons. The van der Waals surface area contributed by atoms with Gasteiger partial charge < -0.3 is 14.8 Å². The molecule has 3 aromatic rings. The summed E-state index contributed by atoms with van der Waals surface area (Å²) in [7, 11) is 1.58. The van der Waals surface area contributed by atoms with E-state index < -0.39 is 5.91 Å². The summed E-state index contributed by atoms with van der Waals surface area (Å²) in [5.74, 6) is 0.572. The summed E-state index contributed by atoms with van der Waals surface area (Å²) in [6, 6.07) is 21.5. The molecule has 0 heterocycles. The van der Waals surface area contributed by atoms with E-state index >= 15 is 0 Å². The molecule has 3 aromatic carbocycles. The van der Waals surface area contributed by atoms with Crippen LogP contribution in [0.4, 0.5) is 5.69 Å². The number of carbonyl (C=O) groups is 2. The van der Waals surface area contributed by atoms with Gasteiger partial charge >= 0.3 is 0 Å². The van der Waals surface area contributed by atoms with Gasteiger partial charge in [-0.05, 0) is 65.7 Å². The minimum Gasteiger partial charge on any atom is -0.497 e. The number of carbonyl (C=O) groups excluding carboxylic acids is 2. The van der Waals surface area contributed by atoms with Crippen LogP contribution in [0.1, 0.15) is 21.5 Å². The molecule has 7 heteroatoms. The second-order valence-electron chi connectivity index (χ2n) is 6.55. The number of methoxy groups -OCH3 is 1. The van der Waals surface area contributed by atoms with Crippen LogP contribution < -0.4 is 20.3 Å². The maximum Gasteiger partial charge on any atom is 0.267 e. The predicted octanol–water partition coefficient (Wildman–Crippen LogP) is 4.05. The maximum absolute atomic E-state index is 12.3. The largest absolute Gasteiger partial charge is 0.497 e. The Labute approximate surface area is 179 Å². The van der Waals surface area contributed by atoms with Crippen LogP contribution in [0.15, 0.2) is 78.9 Å². The molecule has 31 heavy (non-hydrogen) atoms. The number of anilines is 1. The van der Waals surface area contributed by atoms with Crippen LogP contribution in [0.3, 0.4) is 0 Å². The molecule has 0 saturated heterocycles. The average molecular weight is 418 g/mol. The molecule has 0 aliphatic carbocycles. The van der Waals surface area contributed by atoms with E-state index in [1.54, 1.807) is 61.7 Å². The van der Waals surface area contributed by atoms with Crippen LogP contribution in [-0.2, 0) is 11.4 Å². The summed E-state index contributed by atoms with van der Waals surface area (Å²) in [5, 5.41) is 11.3. The topological polar surface area (TPSA) is 96.9 Å². The molecule has 0 aliphatic rings. The van der Waals surface area contributed by atoms with Gasteiger partial charge in [-0.2, -0.15) is 0 Å². The first kappa shape index (κ1) is 21.6. The lowest BCUT2D eigenvalue weighted by Crippen LogP contribution is -2.14. The van der Waals surface area contributed by atoms with Gasteiger partial charge in [0.2, 0.25) is 0 Å². The number of ether oxygens (including phenoxy) is 2. The monoisotopic (exact) mass is 418 g/mol. The number of benzene rings is 3. The van der Waals surface area contributed by atoms with Crippen LogP contribution >= 0.6 is 0 Å². The van der Waals surface area contributed by atoms with Crippen molar-refractivity contribution in [3.05, 3.63) is 95.6 Å². The van der Waals surface area contributed by atoms with Crippen molar-refractivity contribution in [3.8, 4) is 11.5 Å². The Balaban J connectivity index is 1.51. The highest BCUT2D eigenvalue weighted by Gasteiger charge is 2.06. The summed E-state index contributed by atoms with van der Waals surface area (Å²) >= 11 is 0. The Morgan fingerprint density at radius 2 is 1.55 bits per heavy atom. The lowest BCUT2D eigenvalue weighted by Gasteiger charge is -2.09. The number of nitrogens with one attached hydrogen (secondary N) is 2. The molecular formula is C24H22N2O5. The highest BCUT2D eigenvalue weighted by molar-refractivity contribution is 6.04. The number of rotatable bonds is 8. The highest BCUT2D eigenvalue weighted by Crippen LogP contribution is 2.19. The fraction of sp³-hybridized carbons (Fsp3) is 0.0833. The third-order valence-corrected chi connectivity index (χ3v) is 4.39. The van der Waals surface area contributed by atoms with Crippen LogP contribution in [0.5, 0.6) is 11.5 Å². The van der Waals surface area contributed by atoms with E-state index in [0.717, 1.165) is 11.1 Å². The summed E-state index contributed by atoms with van der Waals surface area (Å²) < 4.78 is 10.9. The van der Waals surface area contributed by atoms with E-state index in [1.807, 2.05) is 24.3 Å². The summed E-state index contributed by atoms with van der Waals surface area (Å²) in [4.78, 5) is 23.3. The van der Waals surface area contributed by atoms with Crippen molar-refractivity contribution in [1.82, 2.24) is 5.48 Å². The Hall–Kier alpha value is -4.10. The van der Waals surface area contributed by atoms with E-state index in [9.17, 15) is 9.59 Å². The highest BCUT2D eigenvalue weighted by atomic mass is 16.5. The van der Waals surface area contributed by atoms with Crippen molar-refractivity contribution in [2.75, 3.05) is 12.4 Å². The first-order valence-electron chi connectivity index (χ1n) is 9.47. The summed E-state index contributed by atoms with van der Waals surface area (Å²) in [6.07, 6.45) is 2.83. The van der Waals surface area contributed by atoms with Crippen LogP contribution in [0.2, 0.25) is 0 Å². The Morgan fingerprint density at radius 3 is 2.16 bits per heavy atom. The van der Waals surface area contributed by atoms with Crippen molar-refractivity contribution in [2.24, 2.45) is 0 Å². The minimum atomic E-state index is -0.587. The van der Waals surface area contributed by atoms with Crippen molar-refractivity contribution in [3.63, 3.8) is 0 Å². The third kappa shape index (κ3) is 6.45. The molecule has 2 amide bonds. The van der Waals surface area contributed by atoms with Gasteiger partial charge in [-0.25, -0.2) is 5.48 Å². The van der Waals surface area contributed by atoms with Crippen molar-refractivity contribution >= 4 is 23.6 Å². The van der Waals surface area contributed by atoms with Crippen LogP contribution in [0, 0.1) is 0 Å². The zero-order chi connectivity index (χ0) is 22.1. The third-order valence-electron chi connectivity index (χ3n) is 4.39. The molecular weight excluding hydrogens is 396 g/mol. The summed E-state index contributed by atoms with van der Waals surface area (Å²) in [5.41, 5.74) is 4.52. The molecule has 0 spiro atoms. The lowest BCUT2D eigenvalue weighted by molar-refractivity contribution is -0.124. The van der Waals surface area contributed by atoms with Gasteiger partial charge in [0.25, 0.3) is 11.8 Å². The van der Waals surface area contributed by atoms with Crippen molar-refractivity contribution in [1.29, 1.82) is 0 Å². The molecule has 0 saturated carbocycles. The molecule has 0 fully saturated rings. The number of hydroxylamine groups is 1. The van der Waals surface area contributed by atoms with E-state index in [1.165, 1.54) is 11.6 Å². The van der Waals surface area contributed by atoms with Gasteiger partial charge in [0.15, 0.2) is 0 Å². The molecule has 0 aromatic heterocycles. The molecule has 3 N–H and O–H groups in total. The Bertz CT molecular complexity index is 1040. The van der Waals surface area contributed by atoms with Crippen LogP contribution in [0.25, 0.3) is 6.08 Å². The number of hydrogen-bond acceptors (Lipinski definition) is 5. The van der Waals surface area contributed by atoms with E-state index in [0.29, 0.717) is 29.4 Å². The number of hydrogen-bond donors (Lipinski definition) is 3. The first-order chi connectivity index (χ1) is 15.1. The van der Waals surface area contributed by atoms with E-state index in [2.05, 4.69) is 5.32 Å². The van der Waals surface area contributed by atoms with Gasteiger partial charge in [-0.3, -0.25) is 14.8 Å². The normalized spacial score (nSPS) is 10.5. The standard InChI is InChI=1S/C24H22N2O5/c1-30-21-11-7-19(8-12-21)24(28)25-20-9-13-22(14-10-20)31-16-18-4-2-17(3-5-18)6-15-23(27)26-29/h2-15,29H,16H2,1H3,(H,25,28)(H,26,27)/b15-6+. The van der Waals surface area contributed by atoms with Gasteiger partial charge in [0.05, 0.1) is 7.11 Å².